The van der Waals surface area contributed by atoms with Crippen molar-refractivity contribution in [2.24, 2.45) is 4.99 Å². The number of pyridine rings is 1. The van der Waals surface area contributed by atoms with Gasteiger partial charge in [0.2, 0.25) is 0 Å². The molecule has 0 bridgehead atoms. The molecule has 0 radical (unpaired) electrons. The maximum atomic E-state index is 8.64. The Kier molecular flexibility index (Phi) is 2.42. The molecule has 82 valence electrons. The molecule has 0 spiro atoms. The fourth-order valence-electron chi connectivity index (χ4n) is 1.79. The van der Waals surface area contributed by atoms with Crippen LogP contribution in [-0.4, -0.2) is 16.2 Å². The van der Waals surface area contributed by atoms with E-state index >= 15 is 0 Å². The summed E-state index contributed by atoms with van der Waals surface area (Å²) in [6.07, 6.45) is 4.00. The van der Waals surface area contributed by atoms with Gasteiger partial charge in [0, 0.05) is 28.9 Å². The molecule has 0 saturated carbocycles. The molecule has 2 aromatic rings. The Morgan fingerprint density at radius 2 is 2.41 bits per heavy atom. The van der Waals surface area contributed by atoms with Gasteiger partial charge in [0.1, 0.15) is 5.01 Å². The lowest BCUT2D eigenvalue weighted by molar-refractivity contribution is 1.02. The molecule has 1 aliphatic heterocycles. The average Bonchev–Trinajstić information content (AvgIpc) is 2.96. The Morgan fingerprint density at radius 1 is 1.47 bits per heavy atom. The fourth-order valence-corrected chi connectivity index (χ4v) is 2.65. The summed E-state index contributed by atoms with van der Waals surface area (Å²) in [5.74, 6) is 0. The summed E-state index contributed by atoms with van der Waals surface area (Å²) in [6.45, 7) is 0.652. The monoisotopic (exact) mass is 240 g/mol. The van der Waals surface area contributed by atoms with Gasteiger partial charge in [-0.05, 0) is 6.07 Å². The number of aliphatic imine (C=N–C) groups is 1. The van der Waals surface area contributed by atoms with E-state index in [9.17, 15) is 0 Å². The number of nitriles is 1. The Bertz CT molecular complexity index is 636. The third kappa shape index (κ3) is 1.73. The molecule has 0 atom stereocenters. The van der Waals surface area contributed by atoms with Crippen LogP contribution in [0, 0.1) is 11.3 Å². The van der Waals surface area contributed by atoms with E-state index in [1.165, 1.54) is 0 Å². The van der Waals surface area contributed by atoms with Crippen molar-refractivity contribution in [2.75, 3.05) is 0 Å². The summed E-state index contributed by atoms with van der Waals surface area (Å²) < 4.78 is 0. The first-order valence-corrected chi connectivity index (χ1v) is 6.06. The number of aromatic nitrogens is 2. The molecule has 2 aromatic heterocycles. The molecule has 3 rings (SSSR count). The molecule has 17 heavy (non-hydrogen) atoms. The highest BCUT2D eigenvalue weighted by Crippen LogP contribution is 2.29. The zero-order valence-electron chi connectivity index (χ0n) is 8.92. The standard InChI is InChI=1S/C12H8N4S/c13-3-1-8-7-17-12(16-8)9-2-4-15-11-6-14-5-10(9)11/h2,4-5,7H,1,6H2. The van der Waals surface area contributed by atoms with E-state index in [4.69, 9.17) is 5.26 Å². The third-order valence-corrected chi connectivity index (χ3v) is 3.50. The minimum Gasteiger partial charge on any atom is -0.286 e. The van der Waals surface area contributed by atoms with Crippen LogP contribution in [0.1, 0.15) is 17.0 Å². The molecule has 0 aliphatic carbocycles. The highest BCUT2D eigenvalue weighted by atomic mass is 32.1. The molecule has 5 heteroatoms. The van der Waals surface area contributed by atoms with Gasteiger partial charge >= 0.3 is 0 Å². The second-order valence-electron chi connectivity index (χ2n) is 3.67. The maximum absolute atomic E-state index is 8.64. The Balaban J connectivity index is 2.07. The van der Waals surface area contributed by atoms with E-state index in [0.29, 0.717) is 13.0 Å². The molecule has 0 fully saturated rings. The molecule has 0 N–H and O–H groups in total. The molecule has 0 aromatic carbocycles. The highest BCUT2D eigenvalue weighted by Gasteiger charge is 2.15. The second kappa shape index (κ2) is 4.07. The van der Waals surface area contributed by atoms with E-state index in [0.717, 1.165) is 27.5 Å². The average molecular weight is 240 g/mol. The third-order valence-electron chi connectivity index (χ3n) is 2.58. The fraction of sp³-hybridized carbons (Fsp3) is 0.167. The van der Waals surface area contributed by atoms with Gasteiger partial charge in [-0.25, -0.2) is 4.98 Å². The Morgan fingerprint density at radius 3 is 3.29 bits per heavy atom. The molecular formula is C12H8N4S. The molecule has 3 heterocycles. The van der Waals surface area contributed by atoms with Crippen molar-refractivity contribution in [3.05, 3.63) is 34.6 Å². The zero-order valence-corrected chi connectivity index (χ0v) is 9.74. The van der Waals surface area contributed by atoms with Gasteiger partial charge in [-0.2, -0.15) is 5.26 Å². The van der Waals surface area contributed by atoms with Gasteiger partial charge in [-0.15, -0.1) is 11.3 Å². The normalized spacial score (nSPS) is 12.4. The molecule has 0 amide bonds. The lowest BCUT2D eigenvalue weighted by Gasteiger charge is -2.01. The number of hydrogen-bond donors (Lipinski definition) is 0. The van der Waals surface area contributed by atoms with Crippen molar-refractivity contribution in [3.8, 4) is 16.6 Å². The quantitative estimate of drug-likeness (QED) is 0.808. The van der Waals surface area contributed by atoms with Gasteiger partial charge < -0.3 is 0 Å². The first kappa shape index (κ1) is 10.1. The van der Waals surface area contributed by atoms with Crippen LogP contribution in [0.3, 0.4) is 0 Å². The van der Waals surface area contributed by atoms with Crippen molar-refractivity contribution in [1.29, 1.82) is 5.26 Å². The summed E-state index contributed by atoms with van der Waals surface area (Å²) in [7, 11) is 0. The summed E-state index contributed by atoms with van der Waals surface area (Å²) >= 11 is 1.56. The molecular weight excluding hydrogens is 232 g/mol. The number of thiazole rings is 1. The summed E-state index contributed by atoms with van der Waals surface area (Å²) in [5.41, 5.74) is 3.95. The predicted octanol–water partition coefficient (Wildman–Crippen LogP) is 2.20. The molecule has 0 saturated heterocycles. The van der Waals surface area contributed by atoms with Crippen LogP contribution < -0.4 is 0 Å². The van der Waals surface area contributed by atoms with Gasteiger partial charge in [0.25, 0.3) is 0 Å². The predicted molar refractivity (Wildman–Crippen MR) is 66.0 cm³/mol. The summed E-state index contributed by atoms with van der Waals surface area (Å²) in [4.78, 5) is 13.0. The lowest BCUT2D eigenvalue weighted by Crippen LogP contribution is -1.93. The van der Waals surface area contributed by atoms with Crippen molar-refractivity contribution < 1.29 is 0 Å². The molecule has 4 nitrogen and oxygen atoms in total. The van der Waals surface area contributed by atoms with Crippen LogP contribution in [-0.2, 0) is 13.0 Å². The van der Waals surface area contributed by atoms with Crippen molar-refractivity contribution in [3.63, 3.8) is 0 Å². The number of hydrogen-bond acceptors (Lipinski definition) is 5. The van der Waals surface area contributed by atoms with Gasteiger partial charge in [0.15, 0.2) is 0 Å². The molecule has 0 unspecified atom stereocenters. The molecule has 1 aliphatic rings. The van der Waals surface area contributed by atoms with Crippen LogP contribution >= 0.6 is 11.3 Å². The van der Waals surface area contributed by atoms with Crippen LogP contribution in [0.5, 0.6) is 0 Å². The largest absolute Gasteiger partial charge is 0.286 e. The minimum atomic E-state index is 0.359. The van der Waals surface area contributed by atoms with Crippen molar-refractivity contribution in [1.82, 2.24) is 9.97 Å². The van der Waals surface area contributed by atoms with E-state index in [1.54, 1.807) is 17.5 Å². The van der Waals surface area contributed by atoms with Crippen LogP contribution in [0.4, 0.5) is 0 Å². The lowest BCUT2D eigenvalue weighted by atomic mass is 10.1. The van der Waals surface area contributed by atoms with E-state index < -0.39 is 0 Å². The number of rotatable bonds is 2. The van der Waals surface area contributed by atoms with E-state index in [-0.39, 0.29) is 0 Å². The van der Waals surface area contributed by atoms with Gasteiger partial charge in [-0.3, -0.25) is 9.98 Å². The van der Waals surface area contributed by atoms with E-state index in [1.807, 2.05) is 17.7 Å². The van der Waals surface area contributed by atoms with Crippen LogP contribution in [0.15, 0.2) is 22.6 Å². The zero-order chi connectivity index (χ0) is 11.7. The van der Waals surface area contributed by atoms with Crippen molar-refractivity contribution >= 4 is 17.6 Å². The van der Waals surface area contributed by atoms with E-state index in [2.05, 4.69) is 21.0 Å². The van der Waals surface area contributed by atoms with Gasteiger partial charge in [-0.1, -0.05) is 0 Å². The maximum Gasteiger partial charge on any atom is 0.124 e. The number of nitrogens with zero attached hydrogens (tertiary/aromatic N) is 4. The van der Waals surface area contributed by atoms with Gasteiger partial charge in [0.05, 0.1) is 30.4 Å². The number of fused-ring (bicyclic) bond motifs is 1. The van der Waals surface area contributed by atoms with Crippen molar-refractivity contribution in [2.45, 2.75) is 13.0 Å². The summed E-state index contributed by atoms with van der Waals surface area (Å²) in [5, 5.41) is 11.5. The minimum absolute atomic E-state index is 0.359. The first-order chi connectivity index (χ1) is 8.38. The summed E-state index contributed by atoms with van der Waals surface area (Å²) in [6, 6.07) is 4.06. The van der Waals surface area contributed by atoms with Crippen LogP contribution in [0.2, 0.25) is 0 Å². The first-order valence-electron chi connectivity index (χ1n) is 5.18. The smallest absolute Gasteiger partial charge is 0.124 e. The SMILES string of the molecule is N#CCc1csc(-c2ccnc3c2C=NC3)n1. The van der Waals surface area contributed by atoms with Crippen LogP contribution in [0.25, 0.3) is 10.6 Å². The Labute approximate surface area is 102 Å². The highest BCUT2D eigenvalue weighted by molar-refractivity contribution is 7.13. The second-order valence-corrected chi connectivity index (χ2v) is 4.53. The topological polar surface area (TPSA) is 61.9 Å². The Hall–Kier alpha value is -2.06.